The van der Waals surface area contributed by atoms with Gasteiger partial charge < -0.3 is 14.8 Å². The number of carbonyl (C=O) groups excluding carboxylic acids is 2. The van der Waals surface area contributed by atoms with Crippen LogP contribution in [0.15, 0.2) is 24.3 Å². The maximum atomic E-state index is 11.8. The quantitative estimate of drug-likeness (QED) is 0.599. The van der Waals surface area contributed by atoms with Crippen LogP contribution < -0.4 is 10.1 Å². The molecule has 1 amide bonds. The van der Waals surface area contributed by atoms with E-state index in [9.17, 15) is 9.59 Å². The minimum Gasteiger partial charge on any atom is -0.497 e. The number of carbonyl (C=O) groups is 2. The fourth-order valence-corrected chi connectivity index (χ4v) is 2.79. The van der Waals surface area contributed by atoms with Crippen molar-refractivity contribution in [3.8, 4) is 5.75 Å². The molecule has 0 unspecified atom stereocenters. The molecule has 1 saturated carbocycles. The second-order valence-electron chi connectivity index (χ2n) is 5.74. The normalized spacial score (nSPS) is 21.4. The highest BCUT2D eigenvalue weighted by atomic mass is 35.5. The average molecular weight is 360 g/mol. The van der Waals surface area contributed by atoms with Gasteiger partial charge in [-0.05, 0) is 31.0 Å². The largest absolute Gasteiger partial charge is 0.497 e. The van der Waals surface area contributed by atoms with Gasteiger partial charge in [-0.15, -0.1) is 23.2 Å². The number of benzene rings is 1. The number of hydrogen-bond acceptors (Lipinski definition) is 4. The number of ether oxygens (including phenoxy) is 2. The monoisotopic (exact) mass is 359 g/mol. The van der Waals surface area contributed by atoms with E-state index in [0.717, 1.165) is 11.3 Å². The number of hydrogen-bond donors (Lipinski definition) is 1. The number of rotatable bonds is 7. The zero-order valence-corrected chi connectivity index (χ0v) is 14.5. The van der Waals surface area contributed by atoms with Crippen molar-refractivity contribution in [3.63, 3.8) is 0 Å². The molecule has 2 rings (SSSR count). The van der Waals surface area contributed by atoms with Crippen molar-refractivity contribution in [1.29, 1.82) is 0 Å². The topological polar surface area (TPSA) is 64.6 Å². The Bertz CT molecular complexity index is 588. The Morgan fingerprint density at radius 2 is 1.87 bits per heavy atom. The van der Waals surface area contributed by atoms with Crippen LogP contribution in [0, 0.1) is 5.41 Å². The van der Waals surface area contributed by atoms with Gasteiger partial charge in [0.1, 0.15) is 15.5 Å². The highest BCUT2D eigenvalue weighted by Gasteiger charge is 2.69. The third-order valence-electron chi connectivity index (χ3n) is 3.94. The molecular formula is C16H19Cl2NO4. The standard InChI is InChI=1S/C16H19Cl2NO4/c1-15(10-16(15,17)18)14(21)23-9-13(20)19-8-7-11-3-5-12(22-2)6-4-11/h3-6H,7-10H2,1-2H3,(H,19,20)/t15-/m1/s1. The van der Waals surface area contributed by atoms with Gasteiger partial charge in [-0.25, -0.2) is 0 Å². The molecule has 1 atom stereocenters. The van der Waals surface area contributed by atoms with Gasteiger partial charge in [-0.3, -0.25) is 9.59 Å². The zero-order chi connectivity index (χ0) is 17.1. The van der Waals surface area contributed by atoms with Crippen LogP contribution in [-0.2, 0) is 20.7 Å². The lowest BCUT2D eigenvalue weighted by molar-refractivity contribution is -0.153. The summed E-state index contributed by atoms with van der Waals surface area (Å²) < 4.78 is 8.95. The average Bonchev–Trinajstić information content (AvgIpc) is 3.05. The SMILES string of the molecule is COc1ccc(CCNC(=O)COC(=O)[C@@]2(C)CC2(Cl)Cl)cc1. The van der Waals surface area contributed by atoms with E-state index in [1.54, 1.807) is 14.0 Å². The van der Waals surface area contributed by atoms with Crippen molar-refractivity contribution in [2.75, 3.05) is 20.3 Å². The lowest BCUT2D eigenvalue weighted by atomic mass is 10.1. The summed E-state index contributed by atoms with van der Waals surface area (Å²) in [5, 5.41) is 2.69. The molecule has 1 aromatic carbocycles. The van der Waals surface area contributed by atoms with Gasteiger partial charge in [0.15, 0.2) is 6.61 Å². The highest BCUT2D eigenvalue weighted by molar-refractivity contribution is 6.53. The first-order valence-electron chi connectivity index (χ1n) is 7.23. The summed E-state index contributed by atoms with van der Waals surface area (Å²) in [7, 11) is 1.61. The molecule has 1 N–H and O–H groups in total. The second-order valence-corrected chi connectivity index (χ2v) is 7.22. The summed E-state index contributed by atoms with van der Waals surface area (Å²) in [4.78, 5) is 23.5. The first-order chi connectivity index (χ1) is 10.8. The molecule has 1 fully saturated rings. The molecule has 5 nitrogen and oxygen atoms in total. The van der Waals surface area contributed by atoms with Crippen LogP contribution in [0.4, 0.5) is 0 Å². The maximum Gasteiger partial charge on any atom is 0.315 e. The zero-order valence-electron chi connectivity index (χ0n) is 13.0. The first-order valence-corrected chi connectivity index (χ1v) is 7.99. The Kier molecular flexibility index (Phi) is 5.42. The van der Waals surface area contributed by atoms with Crippen molar-refractivity contribution in [2.45, 2.75) is 24.1 Å². The Hall–Kier alpha value is -1.46. The van der Waals surface area contributed by atoms with Crippen LogP contribution in [0.1, 0.15) is 18.9 Å². The Balaban J connectivity index is 1.66. The lowest BCUT2D eigenvalue weighted by Gasteiger charge is -2.12. The first kappa shape index (κ1) is 17.9. The van der Waals surface area contributed by atoms with Gasteiger partial charge >= 0.3 is 5.97 Å². The third kappa shape index (κ3) is 4.30. The molecule has 1 aromatic rings. The fourth-order valence-electron chi connectivity index (χ4n) is 2.10. The van der Waals surface area contributed by atoms with Crippen LogP contribution in [-0.4, -0.2) is 36.5 Å². The molecule has 0 radical (unpaired) electrons. The molecule has 0 aromatic heterocycles. The van der Waals surface area contributed by atoms with Gasteiger partial charge in [-0.1, -0.05) is 12.1 Å². The van der Waals surface area contributed by atoms with E-state index >= 15 is 0 Å². The van der Waals surface area contributed by atoms with Crippen molar-refractivity contribution in [2.24, 2.45) is 5.41 Å². The molecule has 23 heavy (non-hydrogen) atoms. The molecule has 126 valence electrons. The van der Waals surface area contributed by atoms with E-state index in [1.807, 2.05) is 24.3 Å². The number of esters is 1. The number of methoxy groups -OCH3 is 1. The highest BCUT2D eigenvalue weighted by Crippen LogP contribution is 2.64. The number of nitrogens with one attached hydrogen (secondary N) is 1. The van der Waals surface area contributed by atoms with Crippen LogP contribution in [0.3, 0.4) is 0 Å². The molecule has 0 spiro atoms. The molecule has 1 aliphatic rings. The summed E-state index contributed by atoms with van der Waals surface area (Å²) in [6.07, 6.45) is 1.01. The smallest absolute Gasteiger partial charge is 0.315 e. The fraction of sp³-hybridized carbons (Fsp3) is 0.500. The van der Waals surface area contributed by atoms with E-state index in [2.05, 4.69) is 5.32 Å². The van der Waals surface area contributed by atoms with Crippen LogP contribution >= 0.6 is 23.2 Å². The lowest BCUT2D eigenvalue weighted by Crippen LogP contribution is -2.32. The second kappa shape index (κ2) is 6.97. The minimum absolute atomic E-state index is 0.332. The predicted molar refractivity (Wildman–Crippen MR) is 87.8 cm³/mol. The summed E-state index contributed by atoms with van der Waals surface area (Å²) in [6.45, 7) is 1.74. The molecule has 0 saturated heterocycles. The van der Waals surface area contributed by atoms with Crippen molar-refractivity contribution in [3.05, 3.63) is 29.8 Å². The van der Waals surface area contributed by atoms with Gasteiger partial charge in [-0.2, -0.15) is 0 Å². The Labute approximate surface area is 145 Å². The molecule has 0 aliphatic heterocycles. The van der Waals surface area contributed by atoms with E-state index in [-0.39, 0.29) is 12.5 Å². The number of amides is 1. The van der Waals surface area contributed by atoms with E-state index in [4.69, 9.17) is 32.7 Å². The molecule has 1 aliphatic carbocycles. The summed E-state index contributed by atoms with van der Waals surface area (Å²) in [6, 6.07) is 7.58. The molecule has 7 heteroatoms. The van der Waals surface area contributed by atoms with E-state index in [1.165, 1.54) is 0 Å². The van der Waals surface area contributed by atoms with E-state index < -0.39 is 15.7 Å². The summed E-state index contributed by atoms with van der Waals surface area (Å²) in [5.74, 6) is -0.119. The van der Waals surface area contributed by atoms with E-state index in [0.29, 0.717) is 19.4 Å². The third-order valence-corrected chi connectivity index (χ3v) is 5.04. The van der Waals surface area contributed by atoms with Crippen LogP contribution in [0.5, 0.6) is 5.75 Å². The Morgan fingerprint density at radius 3 is 2.39 bits per heavy atom. The number of halogens is 2. The number of alkyl halides is 2. The van der Waals surface area contributed by atoms with Crippen LogP contribution in [0.2, 0.25) is 0 Å². The van der Waals surface area contributed by atoms with Gasteiger partial charge in [0.25, 0.3) is 5.91 Å². The van der Waals surface area contributed by atoms with Crippen molar-refractivity contribution in [1.82, 2.24) is 5.32 Å². The van der Waals surface area contributed by atoms with Crippen LogP contribution in [0.25, 0.3) is 0 Å². The van der Waals surface area contributed by atoms with Gasteiger partial charge in [0.05, 0.1) is 7.11 Å². The summed E-state index contributed by atoms with van der Waals surface area (Å²) in [5.41, 5.74) is 0.155. The molecule has 0 heterocycles. The molecular weight excluding hydrogens is 341 g/mol. The Morgan fingerprint density at radius 1 is 1.26 bits per heavy atom. The summed E-state index contributed by atoms with van der Waals surface area (Å²) >= 11 is 11.8. The van der Waals surface area contributed by atoms with Gasteiger partial charge in [0, 0.05) is 13.0 Å². The van der Waals surface area contributed by atoms with Gasteiger partial charge in [0.2, 0.25) is 0 Å². The van der Waals surface area contributed by atoms with Crippen molar-refractivity contribution >= 4 is 35.1 Å². The minimum atomic E-state index is -1.09. The maximum absolute atomic E-state index is 11.8. The van der Waals surface area contributed by atoms with Crippen molar-refractivity contribution < 1.29 is 19.1 Å². The molecule has 0 bridgehead atoms. The predicted octanol–water partition coefficient (Wildman–Crippen LogP) is 2.48.